The molecule has 7 heteroatoms. The number of halogens is 2. The van der Waals surface area contributed by atoms with Crippen LogP contribution in [-0.4, -0.2) is 21.5 Å². The molecule has 0 saturated carbocycles. The summed E-state index contributed by atoms with van der Waals surface area (Å²) in [6.45, 7) is 1.80. The third-order valence-corrected chi connectivity index (χ3v) is 5.58. The number of anilines is 2. The van der Waals surface area contributed by atoms with E-state index in [-0.39, 0.29) is 11.4 Å². The van der Waals surface area contributed by atoms with Crippen molar-refractivity contribution in [3.63, 3.8) is 0 Å². The second-order valence-electron chi connectivity index (χ2n) is 5.81. The Morgan fingerprint density at radius 2 is 1.83 bits per heavy atom. The lowest BCUT2D eigenvalue weighted by Gasteiger charge is -2.19. The molecule has 0 radical (unpaired) electrons. The number of sulfonamides is 1. The maximum atomic E-state index is 14.0. The number of hydrogen-bond donors (Lipinski definition) is 1. The van der Waals surface area contributed by atoms with Crippen LogP contribution in [0.1, 0.15) is 18.4 Å². The highest BCUT2D eigenvalue weighted by Gasteiger charge is 2.18. The summed E-state index contributed by atoms with van der Waals surface area (Å²) >= 11 is 6.00. The third-order valence-electron chi connectivity index (χ3n) is 3.99. The summed E-state index contributed by atoms with van der Waals surface area (Å²) in [5.41, 5.74) is 1.26. The molecule has 0 aliphatic carbocycles. The molecule has 2 aromatic rings. The number of benzene rings is 2. The minimum absolute atomic E-state index is 0.0357. The molecule has 0 atom stereocenters. The van der Waals surface area contributed by atoms with E-state index in [1.54, 1.807) is 36.4 Å². The monoisotopic (exact) mass is 368 g/mol. The normalized spacial score (nSPS) is 14.8. The average Bonchev–Trinajstić information content (AvgIpc) is 3.06. The first-order valence-electron chi connectivity index (χ1n) is 7.73. The quantitative estimate of drug-likeness (QED) is 0.867. The van der Waals surface area contributed by atoms with Gasteiger partial charge in [-0.1, -0.05) is 29.8 Å². The second-order valence-corrected chi connectivity index (χ2v) is 7.94. The number of nitrogens with one attached hydrogen (secondary N) is 1. The van der Waals surface area contributed by atoms with Gasteiger partial charge in [0.1, 0.15) is 5.82 Å². The minimum Gasteiger partial charge on any atom is -0.371 e. The average molecular weight is 369 g/mol. The predicted octanol–water partition coefficient (Wildman–Crippen LogP) is 4.02. The number of rotatable bonds is 5. The summed E-state index contributed by atoms with van der Waals surface area (Å²) in [6.07, 6.45) is 2.18. The standard InChI is InChI=1S/C17H18ClFN2O2S/c18-15-6-2-1-5-13(15)12-24(22,23)20-17-11-14(7-8-16(17)19)21-9-3-4-10-21/h1-2,5-8,11,20H,3-4,9-10,12H2. The van der Waals surface area contributed by atoms with E-state index in [2.05, 4.69) is 9.62 Å². The molecule has 1 saturated heterocycles. The van der Waals surface area contributed by atoms with Crippen LogP contribution in [0.25, 0.3) is 0 Å². The van der Waals surface area contributed by atoms with Crippen LogP contribution in [-0.2, 0) is 15.8 Å². The maximum Gasteiger partial charge on any atom is 0.237 e. The highest BCUT2D eigenvalue weighted by atomic mass is 35.5. The van der Waals surface area contributed by atoms with Gasteiger partial charge in [0.2, 0.25) is 10.0 Å². The van der Waals surface area contributed by atoms with Crippen LogP contribution in [0.5, 0.6) is 0 Å². The second kappa shape index (κ2) is 6.99. The smallest absolute Gasteiger partial charge is 0.237 e. The molecule has 0 spiro atoms. The van der Waals surface area contributed by atoms with Crippen molar-refractivity contribution < 1.29 is 12.8 Å². The van der Waals surface area contributed by atoms with Crippen LogP contribution in [0, 0.1) is 5.82 Å². The Morgan fingerprint density at radius 3 is 2.54 bits per heavy atom. The molecule has 2 aromatic carbocycles. The van der Waals surface area contributed by atoms with E-state index < -0.39 is 15.8 Å². The molecule has 1 aliphatic heterocycles. The van der Waals surface area contributed by atoms with E-state index in [1.807, 2.05) is 0 Å². The van der Waals surface area contributed by atoms with Crippen molar-refractivity contribution in [3.05, 3.63) is 58.9 Å². The van der Waals surface area contributed by atoms with E-state index in [0.717, 1.165) is 31.6 Å². The van der Waals surface area contributed by atoms with Crippen LogP contribution in [0.4, 0.5) is 15.8 Å². The van der Waals surface area contributed by atoms with Crippen LogP contribution in [0.3, 0.4) is 0 Å². The molecule has 128 valence electrons. The Bertz CT molecular complexity index is 836. The van der Waals surface area contributed by atoms with Crippen LogP contribution in [0.15, 0.2) is 42.5 Å². The Morgan fingerprint density at radius 1 is 1.12 bits per heavy atom. The Kier molecular flexibility index (Phi) is 4.96. The van der Waals surface area contributed by atoms with Gasteiger partial charge in [0.05, 0.1) is 11.4 Å². The third kappa shape index (κ3) is 3.99. The fraction of sp³-hybridized carbons (Fsp3) is 0.294. The van der Waals surface area contributed by atoms with Crippen LogP contribution in [0.2, 0.25) is 5.02 Å². The van der Waals surface area contributed by atoms with Gasteiger partial charge in [-0.2, -0.15) is 0 Å². The summed E-state index contributed by atoms with van der Waals surface area (Å²) in [7, 11) is -3.77. The Hall–Kier alpha value is -1.79. The van der Waals surface area contributed by atoms with Gasteiger partial charge in [0.15, 0.2) is 0 Å². The first kappa shape index (κ1) is 17.0. The zero-order valence-electron chi connectivity index (χ0n) is 13.0. The van der Waals surface area contributed by atoms with Gasteiger partial charge in [-0.25, -0.2) is 12.8 Å². The first-order chi connectivity index (χ1) is 11.4. The molecular weight excluding hydrogens is 351 g/mol. The fourth-order valence-electron chi connectivity index (χ4n) is 2.79. The topological polar surface area (TPSA) is 49.4 Å². The lowest BCUT2D eigenvalue weighted by molar-refractivity contribution is 0.598. The van der Waals surface area contributed by atoms with Crippen molar-refractivity contribution in [1.29, 1.82) is 0 Å². The highest BCUT2D eigenvalue weighted by molar-refractivity contribution is 7.91. The Balaban J connectivity index is 1.81. The molecule has 0 bridgehead atoms. The zero-order valence-corrected chi connectivity index (χ0v) is 14.6. The van der Waals surface area contributed by atoms with Gasteiger partial charge >= 0.3 is 0 Å². The number of hydrogen-bond acceptors (Lipinski definition) is 3. The van der Waals surface area contributed by atoms with Crippen molar-refractivity contribution in [2.75, 3.05) is 22.7 Å². The van der Waals surface area contributed by atoms with Gasteiger partial charge in [0, 0.05) is 23.8 Å². The van der Waals surface area contributed by atoms with Crippen molar-refractivity contribution >= 4 is 33.0 Å². The summed E-state index contributed by atoms with van der Waals surface area (Å²) in [5, 5.41) is 0.370. The molecule has 0 unspecified atom stereocenters. The maximum absolute atomic E-state index is 14.0. The molecule has 1 fully saturated rings. The van der Waals surface area contributed by atoms with E-state index in [4.69, 9.17) is 11.6 Å². The van der Waals surface area contributed by atoms with Gasteiger partial charge in [-0.15, -0.1) is 0 Å². The number of nitrogens with zero attached hydrogens (tertiary/aromatic N) is 1. The van der Waals surface area contributed by atoms with E-state index in [0.29, 0.717) is 10.6 Å². The molecule has 4 nitrogen and oxygen atoms in total. The molecule has 24 heavy (non-hydrogen) atoms. The predicted molar refractivity (Wildman–Crippen MR) is 95.5 cm³/mol. The molecule has 1 N–H and O–H groups in total. The summed E-state index contributed by atoms with van der Waals surface area (Å²) in [5.74, 6) is -0.902. The summed E-state index contributed by atoms with van der Waals surface area (Å²) in [4.78, 5) is 2.12. The van der Waals surface area contributed by atoms with Crippen molar-refractivity contribution in [2.24, 2.45) is 0 Å². The van der Waals surface area contributed by atoms with E-state index in [1.165, 1.54) is 6.07 Å². The summed E-state index contributed by atoms with van der Waals surface area (Å²) < 4.78 is 41.1. The molecule has 1 heterocycles. The van der Waals surface area contributed by atoms with Crippen LogP contribution < -0.4 is 9.62 Å². The largest absolute Gasteiger partial charge is 0.371 e. The van der Waals surface area contributed by atoms with Gasteiger partial charge in [0.25, 0.3) is 0 Å². The summed E-state index contributed by atoms with van der Waals surface area (Å²) in [6, 6.07) is 11.2. The van der Waals surface area contributed by atoms with Gasteiger partial charge in [-0.3, -0.25) is 4.72 Å². The molecule has 0 aromatic heterocycles. The van der Waals surface area contributed by atoms with Crippen molar-refractivity contribution in [3.8, 4) is 0 Å². The van der Waals surface area contributed by atoms with Crippen molar-refractivity contribution in [1.82, 2.24) is 0 Å². The Labute approximate surface area is 146 Å². The first-order valence-corrected chi connectivity index (χ1v) is 9.76. The fourth-order valence-corrected chi connectivity index (χ4v) is 4.29. The van der Waals surface area contributed by atoms with Crippen LogP contribution >= 0.6 is 11.6 Å². The van der Waals surface area contributed by atoms with E-state index >= 15 is 0 Å². The van der Waals surface area contributed by atoms with E-state index in [9.17, 15) is 12.8 Å². The SMILES string of the molecule is O=S(=O)(Cc1ccccc1Cl)Nc1cc(N2CCCC2)ccc1F. The minimum atomic E-state index is -3.77. The zero-order chi connectivity index (χ0) is 17.2. The highest BCUT2D eigenvalue weighted by Crippen LogP contribution is 2.27. The van der Waals surface area contributed by atoms with Gasteiger partial charge in [-0.05, 0) is 42.7 Å². The lowest BCUT2D eigenvalue weighted by Crippen LogP contribution is -2.19. The lowest BCUT2D eigenvalue weighted by atomic mass is 10.2. The molecule has 1 aliphatic rings. The van der Waals surface area contributed by atoms with Crippen molar-refractivity contribution in [2.45, 2.75) is 18.6 Å². The molecule has 3 rings (SSSR count). The van der Waals surface area contributed by atoms with Gasteiger partial charge < -0.3 is 4.90 Å². The molecule has 0 amide bonds. The molecular formula is C17H18ClFN2O2S.